The van der Waals surface area contributed by atoms with Crippen molar-refractivity contribution in [1.82, 2.24) is 15.0 Å². The van der Waals surface area contributed by atoms with Crippen molar-refractivity contribution in [2.24, 2.45) is 0 Å². The first-order valence-corrected chi connectivity index (χ1v) is 11.5. The molecule has 4 heteroatoms. The number of fused-ring (bicyclic) bond motifs is 5. The summed E-state index contributed by atoms with van der Waals surface area (Å²) in [4.78, 5) is 13.6. The molecule has 2 aromatic heterocycles. The Hall–Kier alpha value is -4.83. The Balaban J connectivity index is 1.45. The Morgan fingerprint density at radius 3 is 1.91 bits per heavy atom. The third-order valence-electron chi connectivity index (χ3n) is 6.42. The molecule has 0 saturated carbocycles. The summed E-state index contributed by atoms with van der Waals surface area (Å²) < 4.78 is 6.35. The van der Waals surface area contributed by atoms with Gasteiger partial charge in [0.2, 0.25) is 0 Å². The van der Waals surface area contributed by atoms with E-state index in [2.05, 4.69) is 70.6 Å². The van der Waals surface area contributed by atoms with E-state index in [-0.39, 0.29) is 0 Å². The summed E-state index contributed by atoms with van der Waals surface area (Å²) >= 11 is 0. The maximum atomic E-state index is 6.35. The molecule has 0 aliphatic heterocycles. The van der Waals surface area contributed by atoms with E-state index in [4.69, 9.17) is 9.40 Å². The van der Waals surface area contributed by atoms with Crippen LogP contribution in [-0.2, 0) is 0 Å². The fourth-order valence-electron chi connectivity index (χ4n) is 4.80. The Bertz CT molecular complexity index is 1840. The van der Waals surface area contributed by atoms with E-state index < -0.39 is 0 Å². The van der Waals surface area contributed by atoms with E-state index in [1.807, 2.05) is 48.5 Å². The zero-order valence-corrected chi connectivity index (χ0v) is 18.7. The molecule has 7 rings (SSSR count). The lowest BCUT2D eigenvalue weighted by Crippen LogP contribution is -1.94. The predicted molar refractivity (Wildman–Crippen MR) is 141 cm³/mol. The van der Waals surface area contributed by atoms with Gasteiger partial charge in [-0.15, -0.1) is 0 Å². The molecule has 4 nitrogen and oxygen atoms in total. The molecule has 0 saturated heterocycles. The van der Waals surface area contributed by atoms with Crippen LogP contribution in [-0.4, -0.2) is 15.0 Å². The first-order valence-electron chi connectivity index (χ1n) is 11.5. The van der Waals surface area contributed by atoms with Gasteiger partial charge in [0.15, 0.2) is 11.6 Å². The molecule has 0 unspecified atom stereocenters. The van der Waals surface area contributed by atoms with Crippen LogP contribution in [0.4, 0.5) is 0 Å². The highest BCUT2D eigenvalue weighted by atomic mass is 16.3. The van der Waals surface area contributed by atoms with Gasteiger partial charge in [0, 0.05) is 21.9 Å². The normalized spacial score (nSPS) is 11.4. The first kappa shape index (κ1) is 19.6. The zero-order chi connectivity index (χ0) is 23.2. The fourth-order valence-corrected chi connectivity index (χ4v) is 4.80. The number of furan rings is 1. The van der Waals surface area contributed by atoms with Crippen molar-refractivity contribution in [2.75, 3.05) is 0 Å². The zero-order valence-electron chi connectivity index (χ0n) is 18.7. The van der Waals surface area contributed by atoms with E-state index in [0.29, 0.717) is 11.6 Å². The summed E-state index contributed by atoms with van der Waals surface area (Å²) in [6, 6.07) is 37.2. The quantitative estimate of drug-likeness (QED) is 0.275. The van der Waals surface area contributed by atoms with Gasteiger partial charge >= 0.3 is 0 Å². The van der Waals surface area contributed by atoms with Gasteiger partial charge in [-0.3, -0.25) is 0 Å². The fraction of sp³-hybridized carbons (Fsp3) is 0. The van der Waals surface area contributed by atoms with Gasteiger partial charge in [-0.1, -0.05) is 84.9 Å². The van der Waals surface area contributed by atoms with Crippen LogP contribution < -0.4 is 0 Å². The number of aromatic nitrogens is 3. The molecule has 7 aromatic rings. The lowest BCUT2D eigenvalue weighted by atomic mass is 9.95. The van der Waals surface area contributed by atoms with Crippen molar-refractivity contribution in [3.63, 3.8) is 0 Å². The van der Waals surface area contributed by atoms with Crippen molar-refractivity contribution in [3.8, 4) is 33.9 Å². The Morgan fingerprint density at radius 1 is 0.486 bits per heavy atom. The lowest BCUT2D eigenvalue weighted by molar-refractivity contribution is 0.669. The Morgan fingerprint density at radius 2 is 1.14 bits per heavy atom. The van der Waals surface area contributed by atoms with Gasteiger partial charge in [-0.05, 0) is 46.2 Å². The number of hydrogen-bond donors (Lipinski definition) is 0. The second-order valence-corrected chi connectivity index (χ2v) is 8.52. The van der Waals surface area contributed by atoms with Crippen molar-refractivity contribution < 1.29 is 4.42 Å². The molecule has 0 aliphatic carbocycles. The van der Waals surface area contributed by atoms with Crippen LogP contribution in [0.15, 0.2) is 120 Å². The first-order chi connectivity index (χ1) is 17.3. The highest BCUT2D eigenvalue weighted by molar-refractivity contribution is 6.22. The molecule has 0 atom stereocenters. The van der Waals surface area contributed by atoms with Crippen LogP contribution in [0.5, 0.6) is 0 Å². The smallest absolute Gasteiger partial charge is 0.163 e. The summed E-state index contributed by atoms with van der Waals surface area (Å²) in [5, 5.41) is 4.52. The molecule has 35 heavy (non-hydrogen) atoms. The van der Waals surface area contributed by atoms with E-state index >= 15 is 0 Å². The maximum Gasteiger partial charge on any atom is 0.163 e. The minimum atomic E-state index is 0.639. The predicted octanol–water partition coefficient (Wildman–Crippen LogP) is 7.93. The molecular weight excluding hydrogens is 430 g/mol. The summed E-state index contributed by atoms with van der Waals surface area (Å²) in [5.74, 6) is 1.30. The van der Waals surface area contributed by atoms with Gasteiger partial charge in [-0.2, -0.15) is 0 Å². The molecule has 164 valence electrons. The summed E-state index contributed by atoms with van der Waals surface area (Å²) in [5.41, 5.74) is 5.94. The van der Waals surface area contributed by atoms with E-state index in [9.17, 15) is 0 Å². The molecule has 0 N–H and O–H groups in total. The number of benzene rings is 5. The second-order valence-electron chi connectivity index (χ2n) is 8.52. The molecule has 0 radical (unpaired) electrons. The highest BCUT2D eigenvalue weighted by Crippen LogP contribution is 2.40. The van der Waals surface area contributed by atoms with Gasteiger partial charge in [0.1, 0.15) is 17.5 Å². The summed E-state index contributed by atoms with van der Waals surface area (Å²) in [6.07, 6.45) is 1.57. The average molecular weight is 450 g/mol. The van der Waals surface area contributed by atoms with Crippen molar-refractivity contribution >= 4 is 32.7 Å². The Kier molecular flexibility index (Phi) is 4.42. The highest BCUT2D eigenvalue weighted by Gasteiger charge is 2.16. The maximum absolute atomic E-state index is 6.35. The van der Waals surface area contributed by atoms with Gasteiger partial charge in [-0.25, -0.2) is 15.0 Å². The standard InChI is InChI=1S/C31H19N3O/c1-3-9-20(10-4-1)25-18-28-29(24-14-8-7-13-23(24)25)26-17-22(15-16-27(26)35-28)31-33-19-32-30(34-31)21-11-5-2-6-12-21/h1-19H. The third kappa shape index (κ3) is 3.27. The molecule has 0 amide bonds. The van der Waals surface area contributed by atoms with Crippen LogP contribution in [0.3, 0.4) is 0 Å². The third-order valence-corrected chi connectivity index (χ3v) is 6.42. The molecule has 0 spiro atoms. The van der Waals surface area contributed by atoms with Crippen molar-refractivity contribution in [1.29, 1.82) is 0 Å². The van der Waals surface area contributed by atoms with Crippen molar-refractivity contribution in [2.45, 2.75) is 0 Å². The minimum absolute atomic E-state index is 0.639. The van der Waals surface area contributed by atoms with Crippen LogP contribution in [0, 0.1) is 0 Å². The molecule has 0 fully saturated rings. The van der Waals surface area contributed by atoms with Crippen LogP contribution >= 0.6 is 0 Å². The van der Waals surface area contributed by atoms with Crippen LogP contribution in [0.1, 0.15) is 0 Å². The lowest BCUT2D eigenvalue weighted by Gasteiger charge is -2.08. The SMILES string of the molecule is c1ccc(-c2ncnc(-c3ccc4oc5cc(-c6ccccc6)c6ccccc6c5c4c3)n2)cc1. The monoisotopic (exact) mass is 449 g/mol. The largest absolute Gasteiger partial charge is 0.456 e. The van der Waals surface area contributed by atoms with Gasteiger partial charge < -0.3 is 4.42 Å². The average Bonchev–Trinajstić information content (AvgIpc) is 3.32. The van der Waals surface area contributed by atoms with Gasteiger partial charge in [0.05, 0.1) is 0 Å². The second kappa shape index (κ2) is 7.89. The van der Waals surface area contributed by atoms with E-state index in [1.165, 1.54) is 16.3 Å². The van der Waals surface area contributed by atoms with Crippen molar-refractivity contribution in [3.05, 3.63) is 116 Å². The minimum Gasteiger partial charge on any atom is -0.456 e. The topological polar surface area (TPSA) is 51.8 Å². The molecule has 5 aromatic carbocycles. The molecule has 2 heterocycles. The summed E-state index contributed by atoms with van der Waals surface area (Å²) in [7, 11) is 0. The number of nitrogens with zero attached hydrogens (tertiary/aromatic N) is 3. The number of rotatable bonds is 3. The van der Waals surface area contributed by atoms with E-state index in [0.717, 1.165) is 38.6 Å². The molecule has 0 aliphatic rings. The molecule has 0 bridgehead atoms. The molecular formula is C31H19N3O. The Labute approximate surface area is 201 Å². The van der Waals surface area contributed by atoms with Gasteiger partial charge in [0.25, 0.3) is 0 Å². The number of hydrogen-bond acceptors (Lipinski definition) is 4. The summed E-state index contributed by atoms with van der Waals surface area (Å²) in [6.45, 7) is 0. The van der Waals surface area contributed by atoms with E-state index in [1.54, 1.807) is 6.33 Å². The van der Waals surface area contributed by atoms with Crippen LogP contribution in [0.2, 0.25) is 0 Å². The van der Waals surface area contributed by atoms with Crippen LogP contribution in [0.25, 0.3) is 66.6 Å².